The second-order valence-corrected chi connectivity index (χ2v) is 7.60. The Hall–Kier alpha value is -1.07. The molecule has 0 saturated carbocycles. The van der Waals surface area contributed by atoms with Gasteiger partial charge in [0, 0.05) is 24.5 Å². The maximum atomic E-state index is 12.5. The van der Waals surface area contributed by atoms with E-state index in [2.05, 4.69) is 13.8 Å². The highest BCUT2D eigenvalue weighted by Gasteiger charge is 2.30. The normalized spacial score (nSPS) is 17.5. The van der Waals surface area contributed by atoms with Crippen molar-refractivity contribution in [3.63, 3.8) is 0 Å². The summed E-state index contributed by atoms with van der Waals surface area (Å²) in [4.78, 5) is 29.1. The first-order valence-electron chi connectivity index (χ1n) is 7.20. The standard InChI is InChI=1S/C15H21ClN2O2S/c1-10(2)8-17-6-7-18(9-14(17)19)15(20)11(3)12-4-5-13(16)21-12/h4-5,10-11H,6-9H2,1-3H3/t11-/m1/s1. The molecule has 2 amide bonds. The third-order valence-corrected chi connectivity index (χ3v) is 5.02. The molecule has 0 spiro atoms. The van der Waals surface area contributed by atoms with E-state index in [0.717, 1.165) is 11.4 Å². The Morgan fingerprint density at radius 3 is 2.57 bits per heavy atom. The Morgan fingerprint density at radius 1 is 1.33 bits per heavy atom. The number of amides is 2. The van der Waals surface area contributed by atoms with Gasteiger partial charge < -0.3 is 9.80 Å². The third-order valence-electron chi connectivity index (χ3n) is 3.61. The zero-order valence-electron chi connectivity index (χ0n) is 12.6. The molecule has 0 aromatic carbocycles. The molecule has 1 fully saturated rings. The molecule has 2 heterocycles. The quantitative estimate of drug-likeness (QED) is 0.852. The van der Waals surface area contributed by atoms with Crippen molar-refractivity contribution in [3.05, 3.63) is 21.3 Å². The molecule has 21 heavy (non-hydrogen) atoms. The van der Waals surface area contributed by atoms with Crippen LogP contribution in [0.4, 0.5) is 0 Å². The lowest BCUT2D eigenvalue weighted by Gasteiger charge is -2.36. The number of rotatable bonds is 4. The van der Waals surface area contributed by atoms with Crippen LogP contribution >= 0.6 is 22.9 Å². The number of halogens is 1. The molecule has 6 heteroatoms. The van der Waals surface area contributed by atoms with Crippen molar-refractivity contribution in [3.8, 4) is 0 Å². The molecule has 116 valence electrons. The fourth-order valence-corrected chi connectivity index (χ4v) is 3.59. The Bertz CT molecular complexity index is 529. The topological polar surface area (TPSA) is 40.6 Å². The highest BCUT2D eigenvalue weighted by molar-refractivity contribution is 7.16. The number of thiophene rings is 1. The first-order chi connectivity index (χ1) is 9.88. The summed E-state index contributed by atoms with van der Waals surface area (Å²) in [7, 11) is 0. The molecule has 1 aliphatic heterocycles. The minimum atomic E-state index is -0.244. The Kier molecular flexibility index (Phi) is 5.27. The number of carbonyl (C=O) groups excluding carboxylic acids is 2. The van der Waals surface area contributed by atoms with Gasteiger partial charge in [0.2, 0.25) is 11.8 Å². The second-order valence-electron chi connectivity index (χ2n) is 5.86. The van der Waals surface area contributed by atoms with Gasteiger partial charge in [-0.15, -0.1) is 11.3 Å². The van der Waals surface area contributed by atoms with E-state index in [4.69, 9.17) is 11.6 Å². The van der Waals surface area contributed by atoms with Crippen molar-refractivity contribution in [2.45, 2.75) is 26.7 Å². The molecule has 0 unspecified atom stereocenters. The SMILES string of the molecule is CC(C)CN1CCN(C(=O)[C@H](C)c2ccc(Cl)s2)CC1=O. The zero-order chi connectivity index (χ0) is 15.6. The third kappa shape index (κ3) is 3.98. The number of piperazine rings is 1. The van der Waals surface area contributed by atoms with Gasteiger partial charge in [0.15, 0.2) is 0 Å². The summed E-state index contributed by atoms with van der Waals surface area (Å²) >= 11 is 7.34. The fraction of sp³-hybridized carbons (Fsp3) is 0.600. The van der Waals surface area contributed by atoms with Gasteiger partial charge in [-0.1, -0.05) is 25.4 Å². The zero-order valence-corrected chi connectivity index (χ0v) is 14.2. The summed E-state index contributed by atoms with van der Waals surface area (Å²) in [6.07, 6.45) is 0. The second kappa shape index (κ2) is 6.79. The lowest BCUT2D eigenvalue weighted by atomic mass is 10.1. The fourth-order valence-electron chi connectivity index (χ4n) is 2.49. The summed E-state index contributed by atoms with van der Waals surface area (Å²) < 4.78 is 0.683. The van der Waals surface area contributed by atoms with Crippen LogP contribution in [0.5, 0.6) is 0 Å². The molecule has 4 nitrogen and oxygen atoms in total. The van der Waals surface area contributed by atoms with Crippen LogP contribution in [0.25, 0.3) is 0 Å². The number of hydrogen-bond donors (Lipinski definition) is 0. The van der Waals surface area contributed by atoms with E-state index in [9.17, 15) is 9.59 Å². The van der Waals surface area contributed by atoms with Crippen molar-refractivity contribution >= 4 is 34.8 Å². The highest BCUT2D eigenvalue weighted by atomic mass is 35.5. The van der Waals surface area contributed by atoms with Gasteiger partial charge in [0.1, 0.15) is 0 Å². The van der Waals surface area contributed by atoms with E-state index < -0.39 is 0 Å². The molecular weight excluding hydrogens is 308 g/mol. The summed E-state index contributed by atoms with van der Waals surface area (Å²) in [5.41, 5.74) is 0. The molecular formula is C15H21ClN2O2S. The largest absolute Gasteiger partial charge is 0.339 e. The van der Waals surface area contributed by atoms with Crippen molar-refractivity contribution < 1.29 is 9.59 Å². The molecule has 0 bridgehead atoms. The summed E-state index contributed by atoms with van der Waals surface area (Å²) in [6, 6.07) is 3.68. The van der Waals surface area contributed by atoms with Gasteiger partial charge in [-0.3, -0.25) is 9.59 Å². The number of carbonyl (C=O) groups is 2. The van der Waals surface area contributed by atoms with E-state index >= 15 is 0 Å². The summed E-state index contributed by atoms with van der Waals surface area (Å²) in [5.74, 6) is 0.251. The van der Waals surface area contributed by atoms with Crippen LogP contribution in [-0.2, 0) is 9.59 Å². The molecule has 1 aromatic heterocycles. The molecule has 1 aliphatic rings. The predicted octanol–water partition coefficient (Wildman–Crippen LogP) is 2.83. The summed E-state index contributed by atoms with van der Waals surface area (Å²) in [6.45, 7) is 8.24. The lowest BCUT2D eigenvalue weighted by Crippen LogP contribution is -2.53. The minimum Gasteiger partial charge on any atom is -0.339 e. The monoisotopic (exact) mass is 328 g/mol. The molecule has 0 N–H and O–H groups in total. The average molecular weight is 329 g/mol. The Balaban J connectivity index is 1.97. The molecule has 0 radical (unpaired) electrons. The van der Waals surface area contributed by atoms with Gasteiger partial charge in [0.25, 0.3) is 0 Å². The minimum absolute atomic E-state index is 0.00561. The smallest absolute Gasteiger partial charge is 0.242 e. The number of nitrogens with zero attached hydrogens (tertiary/aromatic N) is 2. The molecule has 0 aliphatic carbocycles. The van der Waals surface area contributed by atoms with Crippen LogP contribution in [0, 0.1) is 5.92 Å². The van der Waals surface area contributed by atoms with E-state index in [0.29, 0.717) is 23.3 Å². The predicted molar refractivity (Wildman–Crippen MR) is 85.7 cm³/mol. The van der Waals surface area contributed by atoms with E-state index in [1.54, 1.807) is 11.0 Å². The van der Waals surface area contributed by atoms with Crippen LogP contribution < -0.4 is 0 Å². The van der Waals surface area contributed by atoms with Gasteiger partial charge in [-0.25, -0.2) is 0 Å². The lowest BCUT2D eigenvalue weighted by molar-refractivity contribution is -0.146. The first kappa shape index (κ1) is 16.3. The first-order valence-corrected chi connectivity index (χ1v) is 8.39. The molecule has 1 atom stereocenters. The highest BCUT2D eigenvalue weighted by Crippen LogP contribution is 2.29. The van der Waals surface area contributed by atoms with Crippen LogP contribution in [-0.4, -0.2) is 47.8 Å². The molecule has 2 rings (SSSR count). The van der Waals surface area contributed by atoms with E-state index in [1.165, 1.54) is 11.3 Å². The molecule has 1 aromatic rings. The van der Waals surface area contributed by atoms with Crippen molar-refractivity contribution in [1.29, 1.82) is 0 Å². The van der Waals surface area contributed by atoms with E-state index in [-0.39, 0.29) is 24.3 Å². The Labute approximate surface area is 134 Å². The number of hydrogen-bond acceptors (Lipinski definition) is 3. The summed E-state index contributed by atoms with van der Waals surface area (Å²) in [5, 5.41) is 0. The average Bonchev–Trinajstić information content (AvgIpc) is 2.85. The maximum absolute atomic E-state index is 12.5. The van der Waals surface area contributed by atoms with Crippen LogP contribution in [0.3, 0.4) is 0 Å². The van der Waals surface area contributed by atoms with Crippen molar-refractivity contribution in [1.82, 2.24) is 9.80 Å². The van der Waals surface area contributed by atoms with Gasteiger partial charge in [-0.05, 0) is 25.0 Å². The Morgan fingerprint density at radius 2 is 2.05 bits per heavy atom. The van der Waals surface area contributed by atoms with Crippen LogP contribution in [0.2, 0.25) is 4.34 Å². The van der Waals surface area contributed by atoms with Gasteiger partial charge >= 0.3 is 0 Å². The van der Waals surface area contributed by atoms with Crippen LogP contribution in [0.1, 0.15) is 31.6 Å². The van der Waals surface area contributed by atoms with Gasteiger partial charge in [0.05, 0.1) is 16.8 Å². The van der Waals surface area contributed by atoms with Crippen molar-refractivity contribution in [2.75, 3.05) is 26.2 Å². The van der Waals surface area contributed by atoms with Gasteiger partial charge in [-0.2, -0.15) is 0 Å². The maximum Gasteiger partial charge on any atom is 0.242 e. The molecule has 1 saturated heterocycles. The van der Waals surface area contributed by atoms with Crippen LogP contribution in [0.15, 0.2) is 12.1 Å². The van der Waals surface area contributed by atoms with Crippen molar-refractivity contribution in [2.24, 2.45) is 5.92 Å². The van der Waals surface area contributed by atoms with E-state index in [1.807, 2.05) is 17.9 Å².